The summed E-state index contributed by atoms with van der Waals surface area (Å²) in [5.74, 6) is 0. The van der Waals surface area contributed by atoms with Crippen LogP contribution in [0.15, 0.2) is 0 Å². The molecule has 0 unspecified atom stereocenters. The molecule has 0 spiro atoms. The maximum atomic E-state index is 8.25. The first-order valence-electron chi connectivity index (χ1n) is 1.22. The fourth-order valence-electron chi connectivity index (χ4n) is 0. The van der Waals surface area contributed by atoms with Crippen LogP contribution in [-0.2, 0) is 0 Å². The van der Waals surface area contributed by atoms with Crippen LogP contribution in [0.5, 0.6) is 0 Å². The van der Waals surface area contributed by atoms with E-state index in [1.165, 1.54) is 0 Å². The fourth-order valence-corrected chi connectivity index (χ4v) is 0. The van der Waals surface area contributed by atoms with Crippen LogP contribution in [0.2, 0.25) is 0 Å². The van der Waals surface area contributed by atoms with E-state index in [9.17, 15) is 0 Å². The van der Waals surface area contributed by atoms with Gasteiger partial charge in [-0.15, -0.1) is 0 Å². The summed E-state index contributed by atoms with van der Waals surface area (Å²) in [5, 5.41) is 24.8. The van der Waals surface area contributed by atoms with E-state index in [4.69, 9.17) is 15.3 Å². The molecule has 0 saturated carbocycles. The van der Waals surface area contributed by atoms with Crippen molar-refractivity contribution in [1.82, 2.24) is 0 Å². The molecule has 0 aliphatic heterocycles. The van der Waals surface area contributed by atoms with Crippen molar-refractivity contribution >= 4 is 0 Å². The molecule has 42 valence electrons. The predicted molar refractivity (Wildman–Crippen MR) is 17.8 cm³/mol. The molecule has 0 aliphatic carbocycles. The maximum absolute atomic E-state index is 8.25. The molecule has 0 radical (unpaired) electrons. The van der Waals surface area contributed by atoms with Crippen LogP contribution in [0.4, 0.5) is 0 Å². The average Bonchev–Trinajstić information content (AvgIpc) is 1.81. The Morgan fingerprint density at radius 1 is 0.571 bits per heavy atom. The zero-order valence-corrected chi connectivity index (χ0v) is 8.51. The first kappa shape index (κ1) is 24.0. The van der Waals surface area contributed by atoms with E-state index >= 15 is 0 Å². The molecule has 0 heterocycles. The van der Waals surface area contributed by atoms with Crippen molar-refractivity contribution in [3.8, 4) is 0 Å². The van der Waals surface area contributed by atoms with E-state index in [-0.39, 0.29) is 41.3 Å². The van der Waals surface area contributed by atoms with Crippen LogP contribution in [-0.4, -0.2) is 21.3 Å². The molecular weight excluding hydrogens is 225 g/mol. The summed E-state index contributed by atoms with van der Waals surface area (Å²) in [6, 6.07) is 0. The van der Waals surface area contributed by atoms with Gasteiger partial charge in [-0.1, -0.05) is 0 Å². The normalized spacial score (nSPS) is 2.57. The zero-order chi connectivity index (χ0) is 6.00. The van der Waals surface area contributed by atoms with Crippen LogP contribution in [0.1, 0.15) is 0 Å². The third kappa shape index (κ3) is 129. The first-order chi connectivity index (χ1) is 3.00. The van der Waals surface area contributed by atoms with E-state index in [2.05, 4.69) is 0 Å². The summed E-state index contributed by atoms with van der Waals surface area (Å²) in [4.78, 5) is 0. The second-order valence-electron chi connectivity index (χ2n) is 0. The molecule has 0 fully saturated rings. The zero-order valence-electron chi connectivity index (χ0n) is 4.80. The summed E-state index contributed by atoms with van der Waals surface area (Å²) in [5.41, 5.74) is 0. The SMILES string of the molecule is C[O-].C[O-].C[O-].[Pr+3]. The van der Waals surface area contributed by atoms with Gasteiger partial charge in [0.25, 0.3) is 0 Å². The summed E-state index contributed by atoms with van der Waals surface area (Å²) >= 11 is 0. The molecule has 3 nitrogen and oxygen atoms in total. The Hall–Kier alpha value is 1.24. The number of hydrogen-bond donors (Lipinski definition) is 0. The molecule has 0 aromatic rings. The summed E-state index contributed by atoms with van der Waals surface area (Å²) in [6.07, 6.45) is 0. The van der Waals surface area contributed by atoms with E-state index in [1.807, 2.05) is 0 Å². The van der Waals surface area contributed by atoms with E-state index < -0.39 is 0 Å². The van der Waals surface area contributed by atoms with Gasteiger partial charge in [0.2, 0.25) is 0 Å². The third-order valence-corrected chi connectivity index (χ3v) is 0. The predicted octanol–water partition coefficient (Wildman–Crippen LogP) is -3.07. The van der Waals surface area contributed by atoms with Crippen molar-refractivity contribution < 1.29 is 56.6 Å². The molecule has 0 aliphatic rings. The molecule has 0 bridgehead atoms. The van der Waals surface area contributed by atoms with Gasteiger partial charge in [-0.25, -0.2) is 0 Å². The minimum Gasteiger partial charge on any atom is -0.857 e. The second kappa shape index (κ2) is 183. The van der Waals surface area contributed by atoms with Crippen molar-refractivity contribution in [2.24, 2.45) is 0 Å². The molecule has 0 N–H and O–H groups in total. The van der Waals surface area contributed by atoms with Crippen LogP contribution in [0.3, 0.4) is 0 Å². The van der Waals surface area contributed by atoms with Crippen molar-refractivity contribution in [2.45, 2.75) is 0 Å². The summed E-state index contributed by atoms with van der Waals surface area (Å²) in [6.45, 7) is 0. The van der Waals surface area contributed by atoms with Crippen molar-refractivity contribution in [1.29, 1.82) is 0 Å². The maximum Gasteiger partial charge on any atom is 3.00 e. The Bertz CT molecular complexity index is 10.1. The van der Waals surface area contributed by atoms with Crippen LogP contribution < -0.4 is 15.3 Å². The van der Waals surface area contributed by atoms with Crippen LogP contribution in [0.25, 0.3) is 0 Å². The molecule has 4 heteroatoms. The Morgan fingerprint density at radius 2 is 0.571 bits per heavy atom. The van der Waals surface area contributed by atoms with Gasteiger partial charge in [0.15, 0.2) is 0 Å². The minimum atomic E-state index is 0. The molecule has 0 rings (SSSR count). The van der Waals surface area contributed by atoms with Gasteiger partial charge in [0.1, 0.15) is 0 Å². The van der Waals surface area contributed by atoms with Crippen molar-refractivity contribution in [3.05, 3.63) is 0 Å². The van der Waals surface area contributed by atoms with Gasteiger partial charge >= 0.3 is 41.3 Å². The molecule has 0 aromatic heterocycles. The van der Waals surface area contributed by atoms with Gasteiger partial charge < -0.3 is 15.3 Å². The topological polar surface area (TPSA) is 69.2 Å². The summed E-state index contributed by atoms with van der Waals surface area (Å²) < 4.78 is 0. The molecule has 7 heavy (non-hydrogen) atoms. The average molecular weight is 234 g/mol. The number of rotatable bonds is 0. The standard InChI is InChI=1S/3CH3O.Pr/c3*1-2;/h3*1H3;/q3*-1;+3. The largest absolute Gasteiger partial charge is 3.00 e. The molecule has 0 saturated heterocycles. The minimum absolute atomic E-state index is 0. The number of hydrogen-bond acceptors (Lipinski definition) is 3. The quantitative estimate of drug-likeness (QED) is 0.446. The van der Waals surface area contributed by atoms with Crippen molar-refractivity contribution in [3.63, 3.8) is 0 Å². The van der Waals surface area contributed by atoms with Gasteiger partial charge in [-0.2, -0.15) is 21.3 Å². The van der Waals surface area contributed by atoms with Gasteiger partial charge in [0, 0.05) is 0 Å². The van der Waals surface area contributed by atoms with Gasteiger partial charge in [-0.3, -0.25) is 0 Å². The van der Waals surface area contributed by atoms with Gasteiger partial charge in [0.05, 0.1) is 0 Å². The van der Waals surface area contributed by atoms with Crippen LogP contribution >= 0.6 is 0 Å². The molecule has 0 atom stereocenters. The smallest absolute Gasteiger partial charge is 0.857 e. The van der Waals surface area contributed by atoms with E-state index in [0.717, 1.165) is 21.3 Å². The second-order valence-corrected chi connectivity index (χ2v) is 0. The monoisotopic (exact) mass is 234 g/mol. The van der Waals surface area contributed by atoms with E-state index in [0.29, 0.717) is 0 Å². The fraction of sp³-hybridized carbons (Fsp3) is 1.00. The Balaban J connectivity index is -0.00000000900. The Labute approximate surface area is 77.3 Å². The molecule has 0 amide bonds. The van der Waals surface area contributed by atoms with E-state index in [1.54, 1.807) is 0 Å². The van der Waals surface area contributed by atoms with Gasteiger partial charge in [-0.05, 0) is 0 Å². The van der Waals surface area contributed by atoms with Crippen molar-refractivity contribution in [2.75, 3.05) is 21.3 Å². The molecule has 0 aromatic carbocycles. The third-order valence-electron chi connectivity index (χ3n) is 0. The van der Waals surface area contributed by atoms with Crippen LogP contribution in [0, 0.1) is 41.3 Å². The molecular formula is C3H9O3Pr. The Kier molecular flexibility index (Phi) is 626. The summed E-state index contributed by atoms with van der Waals surface area (Å²) in [7, 11) is 2.25. The first-order valence-corrected chi connectivity index (χ1v) is 1.22. The Morgan fingerprint density at radius 3 is 0.571 bits per heavy atom.